The van der Waals surface area contributed by atoms with Crippen LogP contribution in [0.1, 0.15) is 15.2 Å². The molecule has 0 aliphatic rings. The van der Waals surface area contributed by atoms with E-state index in [0.717, 1.165) is 16.0 Å². The van der Waals surface area contributed by atoms with Crippen molar-refractivity contribution in [3.05, 3.63) is 27.4 Å². The van der Waals surface area contributed by atoms with E-state index < -0.39 is 5.97 Å². The molecule has 0 amide bonds. The third kappa shape index (κ3) is 1.98. The monoisotopic (exact) mass is 315 g/mol. The van der Waals surface area contributed by atoms with Crippen molar-refractivity contribution >= 4 is 38.9 Å². The van der Waals surface area contributed by atoms with Crippen molar-refractivity contribution < 1.29 is 13.9 Å². The van der Waals surface area contributed by atoms with Crippen LogP contribution in [0.5, 0.6) is 0 Å². The van der Waals surface area contributed by atoms with Gasteiger partial charge in [-0.25, -0.2) is 4.79 Å². The van der Waals surface area contributed by atoms with E-state index in [1.54, 1.807) is 6.26 Å². The highest BCUT2D eigenvalue weighted by molar-refractivity contribution is 9.10. The number of halogens is 1. The Balaban J connectivity index is 2.58. The molecule has 0 radical (unpaired) electrons. The first-order chi connectivity index (χ1) is 8.06. The number of methoxy groups -OCH3 is 1. The molecule has 17 heavy (non-hydrogen) atoms. The molecule has 2 aromatic heterocycles. The summed E-state index contributed by atoms with van der Waals surface area (Å²) in [6, 6.07) is 1.82. The molecule has 0 bridgehead atoms. The molecule has 0 aliphatic heterocycles. The molecule has 0 unspecified atom stereocenters. The maximum Gasteiger partial charge on any atom is 0.350 e. The van der Waals surface area contributed by atoms with Crippen molar-refractivity contribution in [2.45, 2.75) is 6.92 Å². The second-order valence-corrected chi connectivity index (χ2v) is 5.14. The van der Waals surface area contributed by atoms with Gasteiger partial charge in [-0.05, 0) is 34.5 Å². The highest BCUT2D eigenvalue weighted by Gasteiger charge is 2.21. The van der Waals surface area contributed by atoms with Gasteiger partial charge in [0, 0.05) is 10.4 Å². The number of furan rings is 1. The number of esters is 1. The van der Waals surface area contributed by atoms with E-state index >= 15 is 0 Å². The second-order valence-electron chi connectivity index (χ2n) is 3.40. The predicted molar refractivity (Wildman–Crippen MR) is 70.2 cm³/mol. The lowest BCUT2D eigenvalue weighted by Crippen LogP contribution is -2.01. The molecular weight excluding hydrogens is 306 g/mol. The quantitative estimate of drug-likeness (QED) is 0.862. The summed E-state index contributed by atoms with van der Waals surface area (Å²) >= 11 is 4.61. The molecule has 0 aromatic carbocycles. The Labute approximate surface area is 111 Å². The number of anilines is 1. The molecule has 90 valence electrons. The number of thiophene rings is 1. The Hall–Kier alpha value is -1.27. The zero-order valence-corrected chi connectivity index (χ0v) is 11.6. The van der Waals surface area contributed by atoms with E-state index in [4.69, 9.17) is 10.2 Å². The van der Waals surface area contributed by atoms with Crippen LogP contribution in [-0.4, -0.2) is 13.1 Å². The van der Waals surface area contributed by atoms with Gasteiger partial charge in [0.1, 0.15) is 4.88 Å². The van der Waals surface area contributed by atoms with Crippen LogP contribution in [0.4, 0.5) is 5.69 Å². The van der Waals surface area contributed by atoms with Gasteiger partial charge in [-0.1, -0.05) is 0 Å². The topological polar surface area (TPSA) is 65.5 Å². The number of nitrogen functional groups attached to an aromatic ring is 1. The van der Waals surface area contributed by atoms with E-state index in [1.807, 2.05) is 13.0 Å². The number of hydrogen-bond acceptors (Lipinski definition) is 5. The van der Waals surface area contributed by atoms with Gasteiger partial charge in [0.05, 0.1) is 19.1 Å². The van der Waals surface area contributed by atoms with Gasteiger partial charge >= 0.3 is 5.97 Å². The fourth-order valence-electron chi connectivity index (χ4n) is 1.48. The molecular formula is C11H10BrNO3S. The van der Waals surface area contributed by atoms with Crippen molar-refractivity contribution in [3.8, 4) is 10.4 Å². The van der Waals surface area contributed by atoms with Gasteiger partial charge in [0.15, 0.2) is 4.67 Å². The number of rotatable bonds is 2. The van der Waals surface area contributed by atoms with Crippen molar-refractivity contribution in [1.29, 1.82) is 0 Å². The molecule has 2 aromatic rings. The molecule has 0 spiro atoms. The second kappa shape index (κ2) is 4.54. The Morgan fingerprint density at radius 1 is 1.59 bits per heavy atom. The summed E-state index contributed by atoms with van der Waals surface area (Å²) in [5, 5.41) is 0. The lowest BCUT2D eigenvalue weighted by Gasteiger charge is -1.96. The van der Waals surface area contributed by atoms with Gasteiger partial charge in [-0.2, -0.15) is 0 Å². The molecule has 0 aliphatic carbocycles. The largest absolute Gasteiger partial charge is 0.465 e. The maximum absolute atomic E-state index is 11.5. The zero-order chi connectivity index (χ0) is 12.6. The Morgan fingerprint density at radius 2 is 2.29 bits per heavy atom. The summed E-state index contributed by atoms with van der Waals surface area (Å²) in [6.07, 6.45) is 1.58. The van der Waals surface area contributed by atoms with Crippen LogP contribution in [0.25, 0.3) is 10.4 Å². The molecule has 0 saturated heterocycles. The van der Waals surface area contributed by atoms with Crippen LogP contribution in [0.2, 0.25) is 0 Å². The lowest BCUT2D eigenvalue weighted by molar-refractivity contribution is 0.0607. The summed E-state index contributed by atoms with van der Waals surface area (Å²) in [5.74, 6) is -0.415. The number of hydrogen-bond donors (Lipinski definition) is 1. The van der Waals surface area contributed by atoms with Gasteiger partial charge in [-0.3, -0.25) is 0 Å². The molecule has 2 N–H and O–H groups in total. The third-order valence-electron chi connectivity index (χ3n) is 2.43. The fourth-order valence-corrected chi connectivity index (χ4v) is 3.22. The van der Waals surface area contributed by atoms with Crippen LogP contribution in [0.15, 0.2) is 21.4 Å². The summed E-state index contributed by atoms with van der Waals surface area (Å²) in [5.41, 5.74) is 8.11. The predicted octanol–water partition coefficient (Wildman–Crippen LogP) is 3.45. The minimum atomic E-state index is -0.415. The fraction of sp³-hybridized carbons (Fsp3) is 0.182. The normalized spacial score (nSPS) is 10.5. The van der Waals surface area contributed by atoms with E-state index in [-0.39, 0.29) is 0 Å². The summed E-state index contributed by atoms with van der Waals surface area (Å²) in [6.45, 7) is 1.87. The smallest absolute Gasteiger partial charge is 0.350 e. The van der Waals surface area contributed by atoms with E-state index in [2.05, 4.69) is 20.7 Å². The minimum absolute atomic E-state index is 0.415. The van der Waals surface area contributed by atoms with E-state index in [1.165, 1.54) is 18.4 Å². The maximum atomic E-state index is 11.5. The van der Waals surface area contributed by atoms with Gasteiger partial charge in [-0.15, -0.1) is 11.3 Å². The molecule has 6 heteroatoms. The van der Waals surface area contributed by atoms with Crippen LogP contribution in [0, 0.1) is 6.92 Å². The molecule has 2 heterocycles. The summed E-state index contributed by atoms with van der Waals surface area (Å²) < 4.78 is 10.5. The van der Waals surface area contributed by atoms with Crippen LogP contribution >= 0.6 is 27.3 Å². The number of ether oxygens (including phenoxy) is 1. The highest BCUT2D eigenvalue weighted by atomic mass is 79.9. The van der Waals surface area contributed by atoms with Crippen molar-refractivity contribution in [1.82, 2.24) is 0 Å². The molecule has 0 fully saturated rings. The summed E-state index contributed by atoms with van der Waals surface area (Å²) in [4.78, 5) is 12.9. The van der Waals surface area contributed by atoms with Crippen molar-refractivity contribution in [3.63, 3.8) is 0 Å². The molecule has 4 nitrogen and oxygen atoms in total. The average molecular weight is 316 g/mol. The Kier molecular flexibility index (Phi) is 3.26. The molecule has 2 rings (SSSR count). The van der Waals surface area contributed by atoms with Crippen LogP contribution < -0.4 is 5.73 Å². The number of nitrogens with two attached hydrogens (primary N) is 1. The van der Waals surface area contributed by atoms with Gasteiger partial charge < -0.3 is 14.9 Å². The number of carbonyl (C=O) groups is 1. The average Bonchev–Trinajstić information content (AvgIpc) is 2.85. The molecule has 0 atom stereocenters. The first-order valence-corrected chi connectivity index (χ1v) is 6.37. The van der Waals surface area contributed by atoms with Crippen LogP contribution in [-0.2, 0) is 4.74 Å². The minimum Gasteiger partial charge on any atom is -0.465 e. The molecule has 0 saturated carbocycles. The lowest BCUT2D eigenvalue weighted by atomic mass is 10.1. The van der Waals surface area contributed by atoms with E-state index in [9.17, 15) is 4.79 Å². The first-order valence-electron chi connectivity index (χ1n) is 4.76. The summed E-state index contributed by atoms with van der Waals surface area (Å²) in [7, 11) is 1.34. The van der Waals surface area contributed by atoms with Gasteiger partial charge in [0.2, 0.25) is 0 Å². The Bertz CT molecular complexity index is 573. The standard InChI is InChI=1S/C11H10BrNO3S/c1-5-7(13)9(11(14)15-2)17-8(5)6-3-4-16-10(6)12/h3-4H,13H2,1-2H3. The van der Waals surface area contributed by atoms with Gasteiger partial charge in [0.25, 0.3) is 0 Å². The number of carbonyl (C=O) groups excluding carboxylic acids is 1. The van der Waals surface area contributed by atoms with Crippen LogP contribution in [0.3, 0.4) is 0 Å². The first kappa shape index (κ1) is 12.2. The Morgan fingerprint density at radius 3 is 2.82 bits per heavy atom. The van der Waals surface area contributed by atoms with Crippen molar-refractivity contribution in [2.75, 3.05) is 12.8 Å². The zero-order valence-electron chi connectivity index (χ0n) is 9.24. The van der Waals surface area contributed by atoms with E-state index in [0.29, 0.717) is 15.2 Å². The third-order valence-corrected chi connectivity index (χ3v) is 4.36. The van der Waals surface area contributed by atoms with Crippen molar-refractivity contribution in [2.24, 2.45) is 0 Å². The highest BCUT2D eigenvalue weighted by Crippen LogP contribution is 2.41. The SMILES string of the molecule is COC(=O)c1sc(-c2ccoc2Br)c(C)c1N.